The predicted molar refractivity (Wildman–Crippen MR) is 106 cm³/mol. The van der Waals surface area contributed by atoms with Crippen LogP contribution in [-0.4, -0.2) is 36.0 Å². The summed E-state index contributed by atoms with van der Waals surface area (Å²) < 4.78 is 20.9. The number of carbonyl (C=O) groups excluding carboxylic acids is 1. The number of piperidine rings is 1. The average molecular weight is 433 g/mol. The molecule has 4 rings (SSSR count). The lowest BCUT2D eigenvalue weighted by molar-refractivity contribution is 0.0895. The molecule has 2 heterocycles. The molecule has 0 radical (unpaired) electrons. The first-order chi connectivity index (χ1) is 13.1. The molecule has 4 nitrogen and oxygen atoms in total. The Balaban J connectivity index is 1.39. The van der Waals surface area contributed by atoms with Crippen molar-refractivity contribution in [1.29, 1.82) is 0 Å². The number of nitrogens with one attached hydrogen (secondary N) is 1. The van der Waals surface area contributed by atoms with Crippen molar-refractivity contribution in [2.45, 2.75) is 37.8 Å². The van der Waals surface area contributed by atoms with Crippen LogP contribution in [-0.2, 0) is 0 Å². The maximum atomic E-state index is 14.4. The van der Waals surface area contributed by atoms with Crippen LogP contribution in [0.15, 0.2) is 46.9 Å². The molecule has 0 saturated carbocycles. The first-order valence-corrected chi connectivity index (χ1v) is 10.2. The van der Waals surface area contributed by atoms with E-state index < -0.39 is 5.82 Å². The lowest BCUT2D eigenvalue weighted by Gasteiger charge is -2.35. The van der Waals surface area contributed by atoms with Crippen molar-refractivity contribution in [3.05, 3.63) is 58.3 Å². The third-order valence-corrected chi connectivity index (χ3v) is 5.92. The number of rotatable bonds is 4. The molecule has 2 aliphatic rings. The summed E-state index contributed by atoms with van der Waals surface area (Å²) in [6.45, 7) is 2.21. The summed E-state index contributed by atoms with van der Waals surface area (Å²) in [5.41, 5.74) is 0.324. The van der Waals surface area contributed by atoms with Crippen LogP contribution in [0.2, 0.25) is 0 Å². The molecule has 2 fully saturated rings. The molecule has 0 aromatic heterocycles. The van der Waals surface area contributed by atoms with Crippen molar-refractivity contribution in [3.8, 4) is 11.5 Å². The first-order valence-electron chi connectivity index (χ1n) is 9.36. The number of halogens is 2. The van der Waals surface area contributed by atoms with Gasteiger partial charge in [-0.05, 0) is 74.7 Å². The van der Waals surface area contributed by atoms with Crippen LogP contribution < -0.4 is 10.1 Å². The van der Waals surface area contributed by atoms with E-state index in [-0.39, 0.29) is 17.7 Å². The number of hydrogen-bond acceptors (Lipinski definition) is 3. The van der Waals surface area contributed by atoms with Crippen molar-refractivity contribution in [3.63, 3.8) is 0 Å². The van der Waals surface area contributed by atoms with E-state index in [2.05, 4.69) is 26.1 Å². The van der Waals surface area contributed by atoms with Gasteiger partial charge in [0.2, 0.25) is 0 Å². The van der Waals surface area contributed by atoms with Crippen molar-refractivity contribution in [2.24, 2.45) is 0 Å². The molecule has 27 heavy (non-hydrogen) atoms. The number of carbonyl (C=O) groups is 1. The van der Waals surface area contributed by atoms with Crippen LogP contribution in [0.3, 0.4) is 0 Å². The monoisotopic (exact) mass is 432 g/mol. The largest absolute Gasteiger partial charge is 0.454 e. The van der Waals surface area contributed by atoms with E-state index in [0.29, 0.717) is 17.4 Å². The molecule has 6 heteroatoms. The van der Waals surface area contributed by atoms with E-state index in [1.807, 2.05) is 12.1 Å². The highest BCUT2D eigenvalue weighted by atomic mass is 79.9. The molecule has 142 valence electrons. The van der Waals surface area contributed by atoms with Gasteiger partial charge in [-0.15, -0.1) is 0 Å². The molecule has 2 atom stereocenters. The normalized spacial score (nSPS) is 22.3. The van der Waals surface area contributed by atoms with Gasteiger partial charge in [0.05, 0.1) is 0 Å². The molecule has 0 spiro atoms. The summed E-state index contributed by atoms with van der Waals surface area (Å²) >= 11 is 3.35. The van der Waals surface area contributed by atoms with Crippen LogP contribution in [0, 0.1) is 5.82 Å². The fourth-order valence-electron chi connectivity index (χ4n) is 3.98. The maximum Gasteiger partial charge on any atom is 0.251 e. The zero-order valence-corrected chi connectivity index (χ0v) is 16.5. The molecule has 2 unspecified atom stereocenters. The number of nitrogens with zero attached hydrogens (tertiary/aromatic N) is 1. The highest BCUT2D eigenvalue weighted by molar-refractivity contribution is 9.10. The number of amides is 1. The Bertz CT molecular complexity index is 827. The van der Waals surface area contributed by atoms with Crippen LogP contribution in [0.5, 0.6) is 11.5 Å². The highest BCUT2D eigenvalue weighted by Gasteiger charge is 2.32. The Labute approximate surface area is 166 Å². The Hall–Kier alpha value is -1.92. The first kappa shape index (κ1) is 18.4. The van der Waals surface area contributed by atoms with Crippen molar-refractivity contribution < 1.29 is 13.9 Å². The van der Waals surface area contributed by atoms with Crippen molar-refractivity contribution in [1.82, 2.24) is 10.2 Å². The van der Waals surface area contributed by atoms with E-state index >= 15 is 0 Å². The number of fused-ring (bicyclic) bond motifs is 1. The summed E-state index contributed by atoms with van der Waals surface area (Å²) in [7, 11) is 0. The number of hydrogen-bond donors (Lipinski definition) is 1. The standard InChI is InChI=1S/C21H22BrFN2O2/c22-15-4-6-18(7-5-15)27-20-8-3-14(12-19(20)23)21(26)24-16-9-11-25-10-1-2-17(25)13-16/h3-8,12,16-17H,1-2,9-11,13H2,(H,24,26). The van der Waals surface area contributed by atoms with E-state index in [9.17, 15) is 9.18 Å². The lowest BCUT2D eigenvalue weighted by Crippen LogP contribution is -2.47. The van der Waals surface area contributed by atoms with Gasteiger partial charge >= 0.3 is 0 Å². The molecule has 2 aromatic carbocycles. The second-order valence-corrected chi connectivity index (χ2v) is 8.14. The highest BCUT2D eigenvalue weighted by Crippen LogP contribution is 2.28. The Kier molecular flexibility index (Phi) is 5.45. The van der Waals surface area contributed by atoms with Gasteiger partial charge in [-0.25, -0.2) is 4.39 Å². The molecule has 1 amide bonds. The predicted octanol–water partition coefficient (Wildman–Crippen LogP) is 4.74. The van der Waals surface area contributed by atoms with Gasteiger partial charge in [0, 0.05) is 28.7 Å². The van der Waals surface area contributed by atoms with Crippen LogP contribution >= 0.6 is 15.9 Å². The van der Waals surface area contributed by atoms with Crippen LogP contribution in [0.4, 0.5) is 4.39 Å². The van der Waals surface area contributed by atoms with Crippen LogP contribution in [0.25, 0.3) is 0 Å². The van der Waals surface area contributed by atoms with E-state index in [0.717, 1.165) is 23.9 Å². The van der Waals surface area contributed by atoms with Gasteiger partial charge in [-0.1, -0.05) is 15.9 Å². The second kappa shape index (κ2) is 7.98. The van der Waals surface area contributed by atoms with E-state index in [1.165, 1.54) is 31.5 Å². The third kappa shape index (κ3) is 4.33. The van der Waals surface area contributed by atoms with Gasteiger partial charge in [0.25, 0.3) is 5.91 Å². The average Bonchev–Trinajstić information content (AvgIpc) is 3.13. The molecular formula is C21H22BrFN2O2. The lowest BCUT2D eigenvalue weighted by atomic mass is 9.97. The summed E-state index contributed by atoms with van der Waals surface area (Å²) in [5.74, 6) is -0.123. The molecule has 1 N–H and O–H groups in total. The zero-order valence-electron chi connectivity index (χ0n) is 15.0. The Morgan fingerprint density at radius 2 is 1.96 bits per heavy atom. The summed E-state index contributed by atoms with van der Waals surface area (Å²) in [5, 5.41) is 3.07. The molecular weight excluding hydrogens is 411 g/mol. The van der Waals surface area contributed by atoms with Crippen molar-refractivity contribution in [2.75, 3.05) is 13.1 Å². The molecule has 2 saturated heterocycles. The SMILES string of the molecule is O=C(NC1CCN2CCCC2C1)c1ccc(Oc2ccc(Br)cc2)c(F)c1. The van der Waals surface area contributed by atoms with Gasteiger partial charge in [-0.2, -0.15) is 0 Å². The minimum atomic E-state index is -0.545. The van der Waals surface area contributed by atoms with Gasteiger partial charge in [0.15, 0.2) is 11.6 Å². The number of benzene rings is 2. The molecule has 2 aromatic rings. The molecule has 2 aliphatic heterocycles. The summed E-state index contributed by atoms with van der Waals surface area (Å²) in [4.78, 5) is 15.0. The quantitative estimate of drug-likeness (QED) is 0.758. The second-order valence-electron chi connectivity index (χ2n) is 7.23. The number of ether oxygens (including phenoxy) is 1. The molecule has 0 bridgehead atoms. The Morgan fingerprint density at radius 3 is 2.74 bits per heavy atom. The van der Waals surface area contributed by atoms with Gasteiger partial charge in [-0.3, -0.25) is 4.79 Å². The maximum absolute atomic E-state index is 14.4. The van der Waals surface area contributed by atoms with Gasteiger partial charge in [0.1, 0.15) is 5.75 Å². The minimum absolute atomic E-state index is 0.105. The third-order valence-electron chi connectivity index (χ3n) is 5.39. The fraction of sp³-hybridized carbons (Fsp3) is 0.381. The topological polar surface area (TPSA) is 41.6 Å². The van der Waals surface area contributed by atoms with Crippen LogP contribution in [0.1, 0.15) is 36.0 Å². The summed E-state index contributed by atoms with van der Waals surface area (Å²) in [6, 6.07) is 12.3. The Morgan fingerprint density at radius 1 is 1.15 bits per heavy atom. The van der Waals surface area contributed by atoms with E-state index in [1.54, 1.807) is 18.2 Å². The van der Waals surface area contributed by atoms with Crippen molar-refractivity contribution >= 4 is 21.8 Å². The minimum Gasteiger partial charge on any atom is -0.454 e. The summed E-state index contributed by atoms with van der Waals surface area (Å²) in [6.07, 6.45) is 4.40. The molecule has 0 aliphatic carbocycles. The van der Waals surface area contributed by atoms with Gasteiger partial charge < -0.3 is 15.0 Å². The van der Waals surface area contributed by atoms with E-state index in [4.69, 9.17) is 4.74 Å². The smallest absolute Gasteiger partial charge is 0.251 e. The zero-order chi connectivity index (χ0) is 18.8. The fourth-order valence-corrected chi connectivity index (χ4v) is 4.24.